The Morgan fingerprint density at radius 1 is 1.38 bits per heavy atom. The monoisotopic (exact) mass is 296 g/mol. The van der Waals surface area contributed by atoms with Crippen molar-refractivity contribution in [2.45, 2.75) is 33.3 Å². The first-order chi connectivity index (χ1) is 9.69. The van der Waals surface area contributed by atoms with Crippen molar-refractivity contribution in [1.82, 2.24) is 5.32 Å². The lowest BCUT2D eigenvalue weighted by Gasteiger charge is -2.19. The third-order valence-electron chi connectivity index (χ3n) is 2.34. The van der Waals surface area contributed by atoms with E-state index in [2.05, 4.69) is 5.32 Å². The molecule has 0 aliphatic rings. The molecular weight excluding hydrogens is 276 g/mol. The van der Waals surface area contributed by atoms with Crippen LogP contribution in [0.1, 0.15) is 26.3 Å². The third-order valence-corrected chi connectivity index (χ3v) is 2.34. The molecule has 7 nitrogen and oxygen atoms in total. The largest absolute Gasteiger partial charge is 0.485 e. The van der Waals surface area contributed by atoms with Crippen molar-refractivity contribution in [3.05, 3.63) is 33.9 Å². The van der Waals surface area contributed by atoms with Gasteiger partial charge in [0.15, 0.2) is 5.75 Å². The Morgan fingerprint density at radius 2 is 2.05 bits per heavy atom. The average Bonchev–Trinajstić information content (AvgIpc) is 2.33. The fraction of sp³-hybridized carbons (Fsp3) is 0.500. The van der Waals surface area contributed by atoms with Crippen molar-refractivity contribution < 1.29 is 19.2 Å². The molecule has 1 rings (SSSR count). The third kappa shape index (κ3) is 6.11. The average molecular weight is 296 g/mol. The lowest BCUT2D eigenvalue weighted by atomic mass is 10.2. The minimum Gasteiger partial charge on any atom is -0.485 e. The molecule has 116 valence electrons. The van der Waals surface area contributed by atoms with Gasteiger partial charge in [0.05, 0.1) is 11.5 Å². The van der Waals surface area contributed by atoms with Gasteiger partial charge in [0, 0.05) is 6.07 Å². The highest BCUT2D eigenvalue weighted by Crippen LogP contribution is 2.27. The van der Waals surface area contributed by atoms with E-state index in [1.54, 1.807) is 39.8 Å². The van der Waals surface area contributed by atoms with Gasteiger partial charge in [-0.1, -0.05) is 6.07 Å². The summed E-state index contributed by atoms with van der Waals surface area (Å²) in [5.74, 6) is 0.177. The van der Waals surface area contributed by atoms with Crippen LogP contribution in [0.15, 0.2) is 18.2 Å². The van der Waals surface area contributed by atoms with Crippen LogP contribution >= 0.6 is 0 Å². The number of ether oxygens (including phenoxy) is 2. The zero-order valence-electron chi connectivity index (χ0n) is 12.6. The first-order valence-corrected chi connectivity index (χ1v) is 6.54. The molecule has 0 fully saturated rings. The predicted octanol–water partition coefficient (Wildman–Crippen LogP) is 2.81. The molecule has 0 bridgehead atoms. The first kappa shape index (κ1) is 16.7. The number of hydrogen-bond donors (Lipinski definition) is 1. The van der Waals surface area contributed by atoms with Crippen molar-refractivity contribution in [3.63, 3.8) is 0 Å². The second kappa shape index (κ2) is 6.92. The van der Waals surface area contributed by atoms with Crippen LogP contribution in [0.25, 0.3) is 0 Å². The van der Waals surface area contributed by atoms with E-state index in [4.69, 9.17) is 9.47 Å². The highest BCUT2D eigenvalue weighted by atomic mass is 16.6. The van der Waals surface area contributed by atoms with Gasteiger partial charge in [-0.2, -0.15) is 0 Å². The molecule has 0 heterocycles. The Hall–Kier alpha value is -2.31. The normalized spacial score (nSPS) is 10.9. The Morgan fingerprint density at radius 3 is 2.62 bits per heavy atom. The van der Waals surface area contributed by atoms with E-state index >= 15 is 0 Å². The number of carbonyl (C=O) groups excluding carboxylic acids is 1. The van der Waals surface area contributed by atoms with Crippen molar-refractivity contribution >= 4 is 11.8 Å². The maximum absolute atomic E-state index is 11.4. The summed E-state index contributed by atoms with van der Waals surface area (Å²) in [6, 6.07) is 4.71. The molecule has 0 atom stereocenters. The minimum absolute atomic E-state index is 0.0905. The number of hydrogen-bond acceptors (Lipinski definition) is 5. The molecule has 1 N–H and O–H groups in total. The number of rotatable bonds is 5. The molecule has 0 aromatic heterocycles. The lowest BCUT2D eigenvalue weighted by Crippen LogP contribution is -2.34. The second-order valence-corrected chi connectivity index (χ2v) is 5.51. The van der Waals surface area contributed by atoms with Crippen LogP contribution in [-0.4, -0.2) is 29.8 Å². The van der Waals surface area contributed by atoms with Gasteiger partial charge < -0.3 is 14.8 Å². The Balaban J connectivity index is 2.47. The van der Waals surface area contributed by atoms with Crippen LogP contribution < -0.4 is 10.1 Å². The molecule has 21 heavy (non-hydrogen) atoms. The number of nitro groups is 1. The maximum Gasteiger partial charge on any atom is 0.407 e. The number of benzene rings is 1. The summed E-state index contributed by atoms with van der Waals surface area (Å²) in [5.41, 5.74) is 0.119. The highest BCUT2D eigenvalue weighted by molar-refractivity contribution is 5.67. The molecule has 0 spiro atoms. The summed E-state index contributed by atoms with van der Waals surface area (Å²) in [7, 11) is 0. The SMILES string of the molecule is Cc1ccc(OCCNC(=O)OC(C)(C)C)c([N+](=O)[O-])c1. The van der Waals surface area contributed by atoms with E-state index in [1.165, 1.54) is 6.07 Å². The Kier molecular flexibility index (Phi) is 5.52. The van der Waals surface area contributed by atoms with Gasteiger partial charge in [-0.3, -0.25) is 10.1 Å². The molecule has 0 saturated heterocycles. The van der Waals surface area contributed by atoms with Crippen LogP contribution in [-0.2, 0) is 4.74 Å². The van der Waals surface area contributed by atoms with Crippen LogP contribution in [0.5, 0.6) is 5.75 Å². The topological polar surface area (TPSA) is 90.7 Å². The molecule has 0 saturated carbocycles. The van der Waals surface area contributed by atoms with E-state index < -0.39 is 16.6 Å². The zero-order valence-corrected chi connectivity index (χ0v) is 12.6. The number of amides is 1. The summed E-state index contributed by atoms with van der Waals surface area (Å²) in [4.78, 5) is 21.8. The molecule has 0 unspecified atom stereocenters. The Labute approximate surface area is 123 Å². The van der Waals surface area contributed by atoms with Crippen LogP contribution in [0.3, 0.4) is 0 Å². The number of nitrogens with zero attached hydrogens (tertiary/aromatic N) is 1. The molecule has 0 aliphatic heterocycles. The van der Waals surface area contributed by atoms with Gasteiger partial charge in [0.25, 0.3) is 0 Å². The van der Waals surface area contributed by atoms with E-state index in [-0.39, 0.29) is 24.6 Å². The quantitative estimate of drug-likeness (QED) is 0.512. The number of nitrogens with one attached hydrogen (secondary N) is 1. The number of nitro benzene ring substituents is 1. The van der Waals surface area contributed by atoms with Crippen LogP contribution in [0.2, 0.25) is 0 Å². The summed E-state index contributed by atoms with van der Waals surface area (Å²) in [6.07, 6.45) is -0.551. The van der Waals surface area contributed by atoms with Gasteiger partial charge in [-0.15, -0.1) is 0 Å². The van der Waals surface area contributed by atoms with Crippen molar-refractivity contribution in [1.29, 1.82) is 0 Å². The predicted molar refractivity (Wildman–Crippen MR) is 77.6 cm³/mol. The van der Waals surface area contributed by atoms with Gasteiger partial charge in [0.2, 0.25) is 0 Å². The highest BCUT2D eigenvalue weighted by Gasteiger charge is 2.17. The zero-order chi connectivity index (χ0) is 16.0. The Bertz CT molecular complexity index is 523. The lowest BCUT2D eigenvalue weighted by molar-refractivity contribution is -0.385. The maximum atomic E-state index is 11.4. The van der Waals surface area contributed by atoms with E-state index in [1.807, 2.05) is 0 Å². The van der Waals surface area contributed by atoms with E-state index in [0.29, 0.717) is 0 Å². The van der Waals surface area contributed by atoms with Crippen molar-refractivity contribution in [2.75, 3.05) is 13.2 Å². The molecule has 1 amide bonds. The minimum atomic E-state index is -0.569. The molecule has 1 aromatic rings. The molecular formula is C14H20N2O5. The van der Waals surface area contributed by atoms with Crippen molar-refractivity contribution in [3.8, 4) is 5.75 Å². The molecule has 1 aromatic carbocycles. The molecule has 7 heteroatoms. The summed E-state index contributed by atoms with van der Waals surface area (Å²) in [5, 5.41) is 13.4. The van der Waals surface area contributed by atoms with Crippen LogP contribution in [0, 0.1) is 17.0 Å². The van der Waals surface area contributed by atoms with Crippen LogP contribution in [0.4, 0.5) is 10.5 Å². The van der Waals surface area contributed by atoms with Gasteiger partial charge in [0.1, 0.15) is 12.2 Å². The fourth-order valence-electron chi connectivity index (χ4n) is 1.52. The second-order valence-electron chi connectivity index (χ2n) is 5.51. The van der Waals surface area contributed by atoms with Gasteiger partial charge in [-0.05, 0) is 39.3 Å². The molecule has 0 aliphatic carbocycles. The van der Waals surface area contributed by atoms with Crippen molar-refractivity contribution in [2.24, 2.45) is 0 Å². The van der Waals surface area contributed by atoms with Gasteiger partial charge >= 0.3 is 11.8 Å². The summed E-state index contributed by atoms with van der Waals surface area (Å²) >= 11 is 0. The molecule has 0 radical (unpaired) electrons. The summed E-state index contributed by atoms with van der Waals surface area (Å²) < 4.78 is 10.4. The number of aryl methyl sites for hydroxylation is 1. The standard InChI is InChI=1S/C14H20N2O5/c1-10-5-6-12(11(9-10)16(18)19)20-8-7-15-13(17)21-14(2,3)4/h5-6,9H,7-8H2,1-4H3,(H,15,17). The summed E-state index contributed by atoms with van der Waals surface area (Å²) in [6.45, 7) is 7.36. The van der Waals surface area contributed by atoms with E-state index in [0.717, 1.165) is 5.56 Å². The van der Waals surface area contributed by atoms with E-state index in [9.17, 15) is 14.9 Å². The number of alkyl carbamates (subject to hydrolysis) is 1. The smallest absolute Gasteiger partial charge is 0.407 e. The van der Waals surface area contributed by atoms with Gasteiger partial charge in [-0.25, -0.2) is 4.79 Å². The fourth-order valence-corrected chi connectivity index (χ4v) is 1.52. The first-order valence-electron chi connectivity index (χ1n) is 6.54. The number of carbonyl (C=O) groups is 1.